The van der Waals surface area contributed by atoms with E-state index in [1.54, 1.807) is 12.1 Å². The summed E-state index contributed by atoms with van der Waals surface area (Å²) < 4.78 is 11.2. The van der Waals surface area contributed by atoms with Crippen molar-refractivity contribution in [2.45, 2.75) is 25.5 Å². The number of ether oxygens (including phenoxy) is 2. The van der Waals surface area contributed by atoms with Gasteiger partial charge in [-0.25, -0.2) is 4.79 Å². The highest BCUT2D eigenvalue weighted by molar-refractivity contribution is 6.30. The van der Waals surface area contributed by atoms with Crippen LogP contribution in [0.15, 0.2) is 103 Å². The predicted octanol–water partition coefficient (Wildman–Crippen LogP) is 6.82. The molecule has 0 amide bonds. The van der Waals surface area contributed by atoms with E-state index in [0.29, 0.717) is 23.7 Å². The first kappa shape index (κ1) is 25.5. The third-order valence-electron chi connectivity index (χ3n) is 6.00. The monoisotopic (exact) mass is 499 g/mol. The van der Waals surface area contributed by atoms with Gasteiger partial charge in [-0.3, -0.25) is 0 Å². The summed E-state index contributed by atoms with van der Waals surface area (Å²) in [5.41, 5.74) is 5.22. The van der Waals surface area contributed by atoms with E-state index in [1.807, 2.05) is 54.6 Å². The maximum atomic E-state index is 11.6. The maximum absolute atomic E-state index is 11.6. The SMILES string of the molecule is COC(=O)c1ccc(CNC[C@H](Oc2ccc(CCc3ccccc3)cc2)c2cccc(Cl)c2)cc1. The van der Waals surface area contributed by atoms with Crippen molar-refractivity contribution in [3.8, 4) is 5.75 Å². The largest absolute Gasteiger partial charge is 0.484 e. The Morgan fingerprint density at radius 1 is 0.806 bits per heavy atom. The number of carbonyl (C=O) groups is 1. The molecule has 0 radical (unpaired) electrons. The zero-order valence-electron chi connectivity index (χ0n) is 20.3. The standard InChI is InChI=1S/C31H30ClNO3/c1-35-31(34)26-16-12-25(13-17-26)21-33-22-30(27-8-5-9-28(32)20-27)36-29-18-14-24(15-19-29)11-10-23-6-3-2-4-7-23/h2-9,12-20,30,33H,10-11,21-22H2,1H3/t30-/m0/s1. The first-order chi connectivity index (χ1) is 17.6. The van der Waals surface area contributed by atoms with Crippen molar-refractivity contribution in [3.05, 3.63) is 136 Å². The topological polar surface area (TPSA) is 47.6 Å². The van der Waals surface area contributed by atoms with E-state index in [4.69, 9.17) is 21.1 Å². The number of hydrogen-bond acceptors (Lipinski definition) is 4. The number of carbonyl (C=O) groups excluding carboxylic acids is 1. The van der Waals surface area contributed by atoms with Gasteiger partial charge in [0.15, 0.2) is 0 Å². The van der Waals surface area contributed by atoms with Crippen molar-refractivity contribution < 1.29 is 14.3 Å². The minimum Gasteiger partial charge on any atom is -0.484 e. The fourth-order valence-corrected chi connectivity index (χ4v) is 4.19. The van der Waals surface area contributed by atoms with Gasteiger partial charge in [-0.2, -0.15) is 0 Å². The Morgan fingerprint density at radius 3 is 2.14 bits per heavy atom. The molecule has 36 heavy (non-hydrogen) atoms. The van der Waals surface area contributed by atoms with Crippen LogP contribution in [-0.4, -0.2) is 19.6 Å². The summed E-state index contributed by atoms with van der Waals surface area (Å²) in [7, 11) is 1.38. The van der Waals surface area contributed by atoms with Gasteiger partial charge in [-0.05, 0) is 71.5 Å². The molecular weight excluding hydrogens is 470 g/mol. The highest BCUT2D eigenvalue weighted by Crippen LogP contribution is 2.25. The second kappa shape index (κ2) is 12.9. The smallest absolute Gasteiger partial charge is 0.337 e. The molecule has 0 aliphatic heterocycles. The molecule has 4 aromatic carbocycles. The number of esters is 1. The van der Waals surface area contributed by atoms with Gasteiger partial charge in [0, 0.05) is 18.1 Å². The molecule has 0 bridgehead atoms. The molecule has 4 rings (SSSR count). The molecule has 0 heterocycles. The molecule has 4 nitrogen and oxygen atoms in total. The number of halogens is 1. The van der Waals surface area contributed by atoms with Crippen LogP contribution in [0.5, 0.6) is 5.75 Å². The number of nitrogens with one attached hydrogen (secondary N) is 1. The van der Waals surface area contributed by atoms with Crippen molar-refractivity contribution in [2.24, 2.45) is 0 Å². The van der Waals surface area contributed by atoms with Crippen LogP contribution in [0.3, 0.4) is 0 Å². The quantitative estimate of drug-likeness (QED) is 0.230. The van der Waals surface area contributed by atoms with Gasteiger partial charge in [0.05, 0.1) is 12.7 Å². The fraction of sp³-hybridized carbons (Fsp3) is 0.194. The first-order valence-electron chi connectivity index (χ1n) is 12.0. The summed E-state index contributed by atoms with van der Waals surface area (Å²) in [5, 5.41) is 4.14. The molecule has 0 aliphatic carbocycles. The number of benzene rings is 4. The first-order valence-corrected chi connectivity index (χ1v) is 12.4. The molecule has 0 saturated heterocycles. The van der Waals surface area contributed by atoms with Crippen molar-refractivity contribution in [1.29, 1.82) is 0 Å². The Morgan fingerprint density at radius 2 is 1.47 bits per heavy atom. The summed E-state index contributed by atoms with van der Waals surface area (Å²) >= 11 is 6.27. The average molecular weight is 500 g/mol. The van der Waals surface area contributed by atoms with Gasteiger partial charge in [-0.15, -0.1) is 0 Å². The van der Waals surface area contributed by atoms with Crippen LogP contribution in [0.25, 0.3) is 0 Å². The van der Waals surface area contributed by atoms with Crippen LogP contribution in [0, 0.1) is 0 Å². The fourth-order valence-electron chi connectivity index (χ4n) is 3.99. The molecule has 0 saturated carbocycles. The van der Waals surface area contributed by atoms with Gasteiger partial charge in [0.1, 0.15) is 11.9 Å². The molecule has 5 heteroatoms. The third kappa shape index (κ3) is 7.45. The molecule has 1 atom stereocenters. The van der Waals surface area contributed by atoms with Crippen LogP contribution in [0.2, 0.25) is 5.02 Å². The Balaban J connectivity index is 1.38. The lowest BCUT2D eigenvalue weighted by Crippen LogP contribution is -2.25. The van der Waals surface area contributed by atoms with Gasteiger partial charge in [-0.1, -0.05) is 78.3 Å². The van der Waals surface area contributed by atoms with Gasteiger partial charge >= 0.3 is 5.97 Å². The normalized spacial score (nSPS) is 11.6. The zero-order chi connectivity index (χ0) is 25.2. The lowest BCUT2D eigenvalue weighted by molar-refractivity contribution is 0.0600. The van der Waals surface area contributed by atoms with E-state index in [1.165, 1.54) is 18.2 Å². The van der Waals surface area contributed by atoms with E-state index in [0.717, 1.165) is 29.7 Å². The van der Waals surface area contributed by atoms with Gasteiger partial charge in [0.25, 0.3) is 0 Å². The van der Waals surface area contributed by atoms with Crippen LogP contribution < -0.4 is 10.1 Å². The summed E-state index contributed by atoms with van der Waals surface area (Å²) in [4.78, 5) is 11.6. The van der Waals surface area contributed by atoms with Crippen molar-refractivity contribution in [3.63, 3.8) is 0 Å². The minimum atomic E-state index is -0.338. The Hall–Kier alpha value is -3.60. The molecule has 1 N–H and O–H groups in total. The lowest BCUT2D eigenvalue weighted by atomic mass is 10.0. The van der Waals surface area contributed by atoms with E-state index in [9.17, 15) is 4.79 Å². The van der Waals surface area contributed by atoms with E-state index in [2.05, 4.69) is 41.7 Å². The Kier molecular flexibility index (Phi) is 9.15. The molecule has 184 valence electrons. The number of rotatable bonds is 11. The second-order valence-electron chi connectivity index (χ2n) is 8.61. The number of methoxy groups -OCH3 is 1. The lowest BCUT2D eigenvalue weighted by Gasteiger charge is -2.21. The van der Waals surface area contributed by atoms with Crippen molar-refractivity contribution in [2.75, 3.05) is 13.7 Å². The van der Waals surface area contributed by atoms with E-state index < -0.39 is 0 Å². The van der Waals surface area contributed by atoms with E-state index in [-0.39, 0.29) is 12.1 Å². The summed E-state index contributed by atoms with van der Waals surface area (Å²) in [5.74, 6) is 0.475. The molecule has 0 spiro atoms. The van der Waals surface area contributed by atoms with Crippen LogP contribution >= 0.6 is 11.6 Å². The summed E-state index contributed by atoms with van der Waals surface area (Å²) in [6, 6.07) is 34.0. The Bertz CT molecular complexity index is 1240. The van der Waals surface area contributed by atoms with Crippen LogP contribution in [-0.2, 0) is 24.1 Å². The molecule has 0 aromatic heterocycles. The van der Waals surface area contributed by atoms with Crippen molar-refractivity contribution in [1.82, 2.24) is 5.32 Å². The third-order valence-corrected chi connectivity index (χ3v) is 6.24. The van der Waals surface area contributed by atoms with Gasteiger partial charge in [0.2, 0.25) is 0 Å². The maximum Gasteiger partial charge on any atom is 0.337 e. The second-order valence-corrected chi connectivity index (χ2v) is 9.05. The zero-order valence-corrected chi connectivity index (χ0v) is 21.1. The molecule has 0 fully saturated rings. The highest BCUT2D eigenvalue weighted by atomic mass is 35.5. The van der Waals surface area contributed by atoms with Crippen LogP contribution in [0.1, 0.15) is 38.7 Å². The van der Waals surface area contributed by atoms with E-state index >= 15 is 0 Å². The minimum absolute atomic E-state index is 0.215. The Labute approximate surface area is 217 Å². The predicted molar refractivity (Wildman–Crippen MR) is 145 cm³/mol. The van der Waals surface area contributed by atoms with Gasteiger partial charge < -0.3 is 14.8 Å². The number of hydrogen-bond donors (Lipinski definition) is 1. The molecule has 0 unspecified atom stereocenters. The summed E-state index contributed by atoms with van der Waals surface area (Å²) in [6.07, 6.45) is 1.78. The molecular formula is C31H30ClNO3. The molecule has 4 aromatic rings. The highest BCUT2D eigenvalue weighted by Gasteiger charge is 2.14. The number of aryl methyl sites for hydroxylation is 2. The summed E-state index contributed by atoms with van der Waals surface area (Å²) in [6.45, 7) is 1.23. The van der Waals surface area contributed by atoms with Crippen LogP contribution in [0.4, 0.5) is 0 Å². The van der Waals surface area contributed by atoms with Crippen molar-refractivity contribution >= 4 is 17.6 Å². The molecule has 0 aliphatic rings. The average Bonchev–Trinajstić information content (AvgIpc) is 2.92.